The summed E-state index contributed by atoms with van der Waals surface area (Å²) >= 11 is 0. The summed E-state index contributed by atoms with van der Waals surface area (Å²) in [4.78, 5) is 23.5. The van der Waals surface area contributed by atoms with Crippen LogP contribution >= 0.6 is 0 Å². The maximum atomic E-state index is 12.3. The van der Waals surface area contributed by atoms with Crippen LogP contribution in [0.3, 0.4) is 0 Å². The standard InChI is InChI=1S/C17H23NO5/c1-10(2)9-23-13-7-6-12(8-14(13)22-3)16(19)18-15(17(20)21)11-4-5-11/h6-8,10-11,15H,4-5,9H2,1-3H3,(H,18,19)(H,20,21). The molecule has 1 atom stereocenters. The number of hydrogen-bond acceptors (Lipinski definition) is 4. The molecule has 6 nitrogen and oxygen atoms in total. The number of rotatable bonds is 8. The fourth-order valence-electron chi connectivity index (χ4n) is 2.22. The Morgan fingerprint density at radius 1 is 1.30 bits per heavy atom. The molecule has 1 saturated carbocycles. The average Bonchev–Trinajstić information content (AvgIpc) is 3.34. The minimum Gasteiger partial charge on any atom is -0.493 e. The van der Waals surface area contributed by atoms with Gasteiger partial charge in [-0.05, 0) is 42.9 Å². The molecule has 0 aliphatic heterocycles. The van der Waals surface area contributed by atoms with Crippen molar-refractivity contribution in [2.45, 2.75) is 32.7 Å². The van der Waals surface area contributed by atoms with Crippen LogP contribution in [-0.2, 0) is 4.79 Å². The van der Waals surface area contributed by atoms with Gasteiger partial charge in [0, 0.05) is 5.56 Å². The number of aliphatic carboxylic acids is 1. The van der Waals surface area contributed by atoms with Crippen molar-refractivity contribution in [1.82, 2.24) is 5.32 Å². The van der Waals surface area contributed by atoms with Crippen LogP contribution in [-0.4, -0.2) is 36.7 Å². The summed E-state index contributed by atoms with van der Waals surface area (Å²) in [5.74, 6) is 0.0126. The Hall–Kier alpha value is -2.24. The van der Waals surface area contributed by atoms with Crippen LogP contribution in [0.2, 0.25) is 0 Å². The number of carbonyl (C=O) groups excluding carboxylic acids is 1. The topological polar surface area (TPSA) is 84.9 Å². The molecule has 2 N–H and O–H groups in total. The van der Waals surface area contributed by atoms with E-state index in [9.17, 15) is 14.7 Å². The summed E-state index contributed by atoms with van der Waals surface area (Å²) in [7, 11) is 1.50. The summed E-state index contributed by atoms with van der Waals surface area (Å²) in [6.07, 6.45) is 1.67. The van der Waals surface area contributed by atoms with Gasteiger partial charge in [-0.3, -0.25) is 4.79 Å². The maximum absolute atomic E-state index is 12.3. The molecular weight excluding hydrogens is 298 g/mol. The summed E-state index contributed by atoms with van der Waals surface area (Å²) in [5, 5.41) is 11.8. The third kappa shape index (κ3) is 4.61. The highest BCUT2D eigenvalue weighted by Crippen LogP contribution is 2.33. The lowest BCUT2D eigenvalue weighted by molar-refractivity contribution is -0.139. The van der Waals surface area contributed by atoms with E-state index in [1.165, 1.54) is 7.11 Å². The van der Waals surface area contributed by atoms with Crippen LogP contribution in [0.5, 0.6) is 11.5 Å². The molecule has 23 heavy (non-hydrogen) atoms. The zero-order valence-electron chi connectivity index (χ0n) is 13.7. The van der Waals surface area contributed by atoms with E-state index in [0.29, 0.717) is 29.6 Å². The Labute approximate surface area is 135 Å². The summed E-state index contributed by atoms with van der Waals surface area (Å²) in [6, 6.07) is 4.02. The highest BCUT2D eigenvalue weighted by molar-refractivity contribution is 5.97. The molecule has 0 saturated heterocycles. The first-order chi connectivity index (χ1) is 10.9. The Bertz CT molecular complexity index is 580. The molecule has 0 aromatic heterocycles. The van der Waals surface area contributed by atoms with Gasteiger partial charge in [-0.25, -0.2) is 4.79 Å². The van der Waals surface area contributed by atoms with Crippen molar-refractivity contribution >= 4 is 11.9 Å². The molecular formula is C17H23NO5. The van der Waals surface area contributed by atoms with E-state index in [1.807, 2.05) is 13.8 Å². The predicted molar refractivity (Wildman–Crippen MR) is 84.9 cm³/mol. The van der Waals surface area contributed by atoms with Gasteiger partial charge in [0.2, 0.25) is 0 Å². The fraction of sp³-hybridized carbons (Fsp3) is 0.529. The van der Waals surface area contributed by atoms with Crippen LogP contribution in [0.4, 0.5) is 0 Å². The lowest BCUT2D eigenvalue weighted by atomic mass is 10.1. The molecule has 126 valence electrons. The average molecular weight is 321 g/mol. The number of ether oxygens (including phenoxy) is 2. The van der Waals surface area contributed by atoms with Gasteiger partial charge < -0.3 is 19.9 Å². The van der Waals surface area contributed by atoms with E-state index < -0.39 is 17.9 Å². The molecule has 0 bridgehead atoms. The third-order valence-corrected chi connectivity index (χ3v) is 3.64. The van der Waals surface area contributed by atoms with E-state index in [2.05, 4.69) is 5.32 Å². The number of nitrogens with one attached hydrogen (secondary N) is 1. The second-order valence-electron chi connectivity index (χ2n) is 6.20. The van der Waals surface area contributed by atoms with Crippen molar-refractivity contribution in [3.05, 3.63) is 23.8 Å². The van der Waals surface area contributed by atoms with Crippen LogP contribution in [0.1, 0.15) is 37.0 Å². The minimum atomic E-state index is -0.996. The molecule has 1 amide bonds. The molecule has 2 rings (SSSR count). The van der Waals surface area contributed by atoms with Crippen LogP contribution in [0.25, 0.3) is 0 Å². The smallest absolute Gasteiger partial charge is 0.326 e. The summed E-state index contributed by atoms with van der Waals surface area (Å²) in [5.41, 5.74) is 0.352. The van der Waals surface area contributed by atoms with Gasteiger partial charge in [0.25, 0.3) is 5.91 Å². The predicted octanol–water partition coefficient (Wildman–Crippen LogP) is 2.32. The zero-order chi connectivity index (χ0) is 17.0. The monoisotopic (exact) mass is 321 g/mol. The van der Waals surface area contributed by atoms with Gasteiger partial charge in [0.1, 0.15) is 6.04 Å². The Morgan fingerprint density at radius 3 is 2.52 bits per heavy atom. The Morgan fingerprint density at radius 2 is 2.00 bits per heavy atom. The molecule has 1 unspecified atom stereocenters. The lowest BCUT2D eigenvalue weighted by Crippen LogP contribution is -2.42. The van der Waals surface area contributed by atoms with E-state index in [0.717, 1.165) is 12.8 Å². The third-order valence-electron chi connectivity index (χ3n) is 3.64. The maximum Gasteiger partial charge on any atom is 0.326 e. The summed E-state index contributed by atoms with van der Waals surface area (Å²) < 4.78 is 10.9. The number of benzene rings is 1. The second-order valence-corrected chi connectivity index (χ2v) is 6.20. The van der Waals surface area contributed by atoms with Crippen LogP contribution in [0, 0.1) is 11.8 Å². The van der Waals surface area contributed by atoms with E-state index in [1.54, 1.807) is 18.2 Å². The number of carboxylic acids is 1. The van der Waals surface area contributed by atoms with Gasteiger partial charge in [-0.2, -0.15) is 0 Å². The largest absolute Gasteiger partial charge is 0.493 e. The van der Waals surface area contributed by atoms with Crippen molar-refractivity contribution in [2.24, 2.45) is 11.8 Å². The van der Waals surface area contributed by atoms with Crippen molar-refractivity contribution in [3.63, 3.8) is 0 Å². The molecule has 1 aromatic rings. The molecule has 0 heterocycles. The van der Waals surface area contributed by atoms with Crippen LogP contribution in [0.15, 0.2) is 18.2 Å². The van der Waals surface area contributed by atoms with Crippen molar-refractivity contribution in [2.75, 3.05) is 13.7 Å². The molecule has 1 fully saturated rings. The van der Waals surface area contributed by atoms with E-state index in [4.69, 9.17) is 9.47 Å². The highest BCUT2D eigenvalue weighted by atomic mass is 16.5. The van der Waals surface area contributed by atoms with Gasteiger partial charge in [0.05, 0.1) is 13.7 Å². The van der Waals surface area contributed by atoms with Crippen molar-refractivity contribution < 1.29 is 24.2 Å². The highest BCUT2D eigenvalue weighted by Gasteiger charge is 2.37. The van der Waals surface area contributed by atoms with Crippen LogP contribution < -0.4 is 14.8 Å². The van der Waals surface area contributed by atoms with Crippen molar-refractivity contribution in [3.8, 4) is 11.5 Å². The first-order valence-electron chi connectivity index (χ1n) is 7.77. The first-order valence-corrected chi connectivity index (χ1v) is 7.77. The number of carboxylic acid groups (broad SMARTS) is 1. The number of amides is 1. The van der Waals surface area contributed by atoms with E-state index in [-0.39, 0.29) is 5.92 Å². The molecule has 1 aliphatic rings. The molecule has 1 aromatic carbocycles. The second kappa shape index (κ2) is 7.35. The molecule has 0 spiro atoms. The van der Waals surface area contributed by atoms with Crippen molar-refractivity contribution in [1.29, 1.82) is 0 Å². The number of methoxy groups -OCH3 is 1. The molecule has 0 radical (unpaired) electrons. The Balaban J connectivity index is 2.09. The Kier molecular flexibility index (Phi) is 5.47. The molecule has 6 heteroatoms. The number of carbonyl (C=O) groups is 2. The van der Waals surface area contributed by atoms with Gasteiger partial charge in [-0.15, -0.1) is 0 Å². The minimum absolute atomic E-state index is 0.0343. The quantitative estimate of drug-likeness (QED) is 0.767. The summed E-state index contributed by atoms with van der Waals surface area (Å²) in [6.45, 7) is 4.63. The van der Waals surface area contributed by atoms with Gasteiger partial charge in [-0.1, -0.05) is 13.8 Å². The number of hydrogen-bond donors (Lipinski definition) is 2. The van der Waals surface area contributed by atoms with Gasteiger partial charge in [0.15, 0.2) is 11.5 Å². The van der Waals surface area contributed by atoms with E-state index >= 15 is 0 Å². The molecule has 1 aliphatic carbocycles. The van der Waals surface area contributed by atoms with Gasteiger partial charge >= 0.3 is 5.97 Å². The fourth-order valence-corrected chi connectivity index (χ4v) is 2.22. The zero-order valence-corrected chi connectivity index (χ0v) is 13.7. The lowest BCUT2D eigenvalue weighted by Gasteiger charge is -2.16. The first kappa shape index (κ1) is 17.1. The normalized spacial score (nSPS) is 15.1. The SMILES string of the molecule is COc1cc(C(=O)NC(C(=O)O)C2CC2)ccc1OCC(C)C.